The van der Waals surface area contributed by atoms with Crippen LogP contribution in [-0.2, 0) is 73.6 Å². The number of aliphatic hydroxyl groups excluding tert-OH is 4. The molecule has 0 saturated carbocycles. The molecule has 562 valence electrons. The number of carbonyl (C=O) groups is 13. The van der Waals surface area contributed by atoms with Crippen molar-refractivity contribution in [1.82, 2.24) is 69.1 Å². The number of amides is 12. The van der Waals surface area contributed by atoms with Crippen LogP contribution < -0.4 is 74.9 Å². The first-order valence-electron chi connectivity index (χ1n) is 33.7. The van der Waals surface area contributed by atoms with Crippen molar-refractivity contribution < 1.29 is 92.2 Å². The normalized spacial score (nSPS) is 23.1. The van der Waals surface area contributed by atoms with Crippen LogP contribution in [0.15, 0.2) is 60.7 Å². The van der Waals surface area contributed by atoms with Crippen molar-refractivity contribution in [3.05, 3.63) is 71.8 Å². The molecule has 2 aromatic rings. The molecular weight excluding hydrogens is 1320 g/mol. The van der Waals surface area contributed by atoms with E-state index in [0.717, 1.165) is 14.0 Å². The molecule has 101 heavy (non-hydrogen) atoms. The Morgan fingerprint density at radius 3 is 1.70 bits per heavy atom. The number of hydrogen-bond donors (Lipinski definition) is 19. The Bertz CT molecular complexity index is 3120. The molecule has 0 bridgehead atoms. The number of nitrogens with one attached hydrogen (secondary N) is 14. The molecule has 1 aliphatic rings. The Labute approximate surface area is 587 Å². The van der Waals surface area contributed by atoms with E-state index in [9.17, 15) is 68.4 Å². The number of rotatable bonds is 26. The van der Waals surface area contributed by atoms with Crippen LogP contribution >= 0.6 is 0 Å². The van der Waals surface area contributed by atoms with Gasteiger partial charge in [0.05, 0.1) is 25.4 Å². The van der Waals surface area contributed by atoms with E-state index in [2.05, 4.69) is 69.1 Å². The van der Waals surface area contributed by atoms with E-state index in [4.69, 9.17) is 20.6 Å². The van der Waals surface area contributed by atoms with Gasteiger partial charge in [-0.25, -0.2) is 9.59 Å². The van der Waals surface area contributed by atoms with E-state index in [1.807, 2.05) is 0 Å². The fraction of sp³-hybridized carbons (Fsp3) is 0.612. The average molecular weight is 1420 g/mol. The number of carbonyl (C=O) groups excluding carboxylic acids is 13. The van der Waals surface area contributed by atoms with Crippen LogP contribution in [0.2, 0.25) is 0 Å². The fourth-order valence-corrected chi connectivity index (χ4v) is 10.4. The molecule has 12 amide bonds. The maximum absolute atomic E-state index is 15.6. The van der Waals surface area contributed by atoms with Crippen LogP contribution in [0.4, 0.5) is 4.79 Å². The van der Waals surface area contributed by atoms with Crippen molar-refractivity contribution in [3.8, 4) is 0 Å². The van der Waals surface area contributed by atoms with Gasteiger partial charge in [0.1, 0.15) is 61.0 Å². The molecule has 0 radical (unpaired) electrons. The highest BCUT2D eigenvalue weighted by Crippen LogP contribution is 2.25. The summed E-state index contributed by atoms with van der Waals surface area (Å²) >= 11 is 0. The van der Waals surface area contributed by atoms with E-state index in [1.165, 1.54) is 44.2 Å². The quantitative estimate of drug-likeness (QED) is 0.0193. The maximum Gasteiger partial charge on any atom is 0.408 e. The summed E-state index contributed by atoms with van der Waals surface area (Å²) < 4.78 is 11.4. The third kappa shape index (κ3) is 28.6. The molecule has 0 aromatic heterocycles. The van der Waals surface area contributed by atoms with Gasteiger partial charge in [-0.3, -0.25) is 58.1 Å². The lowest BCUT2D eigenvalue weighted by Crippen LogP contribution is -2.64. The number of cyclic esters (lactones) is 1. The molecule has 15 atom stereocenters. The zero-order chi connectivity index (χ0) is 76.0. The number of guanidine groups is 1. The molecule has 2 aromatic carbocycles. The molecule has 34 heteroatoms. The SMILES string of the molecule is CC[C@H](C)[C@@H]1NC(=O)[C@@H](CCCNC(=N)N)NC(=O)[C@H](CC(C)C)NC(=O)[C@H]([C@H](O)C(C)C)NC(=O)[C@@H](NC(=O)[C@H](CC(C)C)NC(=O)[C@@H](CC(C)C)NC(=O)OCc2ccccc2)[C@@H](c2ccccc2)OC(=O)[C@H](CO)NC(=O)[C@H]([C@H](O)C(=O)NC)NC(=O)CNC(=O)[C@H]([C@H](C)O)NC1=O. The first kappa shape index (κ1) is 85.7. The first-order chi connectivity index (χ1) is 47.5. The standard InChI is InChI=1S/C67H105N15O19/c1-13-37(10)47-60(93)80-48(38(11)84)59(92)72-30-46(85)78-50(53(87)64(97)70-12)62(95)76-45(31-83)65(98)101-54(40-23-18-15-19-24-40)51(82-58(91)43(28-34(4)5)74-57(90)44(29-35(6)7)77-67(99)100-32-39-21-16-14-17-22-39)63(96)81-49(52(86)36(8)9)61(94)75-42(27-33(2)3)56(89)73-41(55(88)79-47)25-20-26-71-66(68)69/h14-19,21-24,33-38,41-45,47-54,83-84,86-87H,13,20,25-32H2,1-12H3,(H,70,97)(H,72,92)(H,73,89)(H,74,90)(H,75,94)(H,76,95)(H,77,99)(H,78,85)(H,79,88)(H,80,93)(H,81,96)(H,82,91)(H4,68,69,71)/t37-,38-,41+,42-,43-,44+,45-,47-,48-,49-,50-,51-,52+,53-,54+/m0/s1. The van der Waals surface area contributed by atoms with Crippen molar-refractivity contribution in [2.45, 2.75) is 206 Å². The Morgan fingerprint density at radius 1 is 0.624 bits per heavy atom. The molecular formula is C67H105N15O19. The van der Waals surface area contributed by atoms with Crippen molar-refractivity contribution in [2.75, 3.05) is 26.7 Å². The number of benzene rings is 2. The summed E-state index contributed by atoms with van der Waals surface area (Å²) in [5.41, 5.74) is 6.06. The van der Waals surface area contributed by atoms with E-state index >= 15 is 14.4 Å². The molecule has 0 unspecified atom stereocenters. The zero-order valence-electron chi connectivity index (χ0n) is 59.3. The third-order valence-corrected chi connectivity index (χ3v) is 16.2. The molecule has 1 heterocycles. The van der Waals surface area contributed by atoms with E-state index in [1.54, 1.807) is 85.7 Å². The van der Waals surface area contributed by atoms with E-state index in [-0.39, 0.29) is 63.2 Å². The summed E-state index contributed by atoms with van der Waals surface area (Å²) in [5, 5.41) is 83.9. The second-order valence-electron chi connectivity index (χ2n) is 26.5. The van der Waals surface area contributed by atoms with Gasteiger partial charge in [0.15, 0.2) is 24.2 Å². The summed E-state index contributed by atoms with van der Waals surface area (Å²) in [6, 6.07) is -2.65. The summed E-state index contributed by atoms with van der Waals surface area (Å²) in [4.78, 5) is 187. The Hall–Kier alpha value is -9.54. The minimum atomic E-state index is -2.48. The van der Waals surface area contributed by atoms with Crippen molar-refractivity contribution in [3.63, 3.8) is 0 Å². The summed E-state index contributed by atoms with van der Waals surface area (Å²) in [6.07, 6.45) is -9.35. The number of esters is 1. The molecule has 1 fully saturated rings. The van der Waals surface area contributed by atoms with Gasteiger partial charge in [-0.2, -0.15) is 0 Å². The molecule has 34 nitrogen and oxygen atoms in total. The predicted octanol–water partition coefficient (Wildman–Crippen LogP) is -3.00. The van der Waals surface area contributed by atoms with E-state index < -0.39 is 205 Å². The number of ether oxygens (including phenoxy) is 2. The van der Waals surface area contributed by atoms with Crippen molar-refractivity contribution in [1.29, 1.82) is 5.41 Å². The van der Waals surface area contributed by atoms with Crippen LogP contribution in [0.25, 0.3) is 0 Å². The van der Waals surface area contributed by atoms with Gasteiger partial charge in [0.2, 0.25) is 59.1 Å². The van der Waals surface area contributed by atoms with Crippen LogP contribution in [0, 0.1) is 35.0 Å². The highest BCUT2D eigenvalue weighted by atomic mass is 16.6. The minimum absolute atomic E-state index is 0.00155. The average Bonchev–Trinajstić information content (AvgIpc) is 0.818. The van der Waals surface area contributed by atoms with Crippen LogP contribution in [0.1, 0.15) is 132 Å². The van der Waals surface area contributed by atoms with Gasteiger partial charge in [0.25, 0.3) is 5.91 Å². The molecule has 20 N–H and O–H groups in total. The second kappa shape index (κ2) is 42.5. The predicted molar refractivity (Wildman–Crippen MR) is 366 cm³/mol. The van der Waals surface area contributed by atoms with Crippen molar-refractivity contribution in [2.24, 2.45) is 35.3 Å². The maximum atomic E-state index is 15.6. The van der Waals surface area contributed by atoms with Crippen molar-refractivity contribution >= 4 is 83.0 Å². The van der Waals surface area contributed by atoms with Gasteiger partial charge in [0, 0.05) is 13.6 Å². The number of aliphatic hydroxyl groups is 4. The lowest BCUT2D eigenvalue weighted by Gasteiger charge is -2.34. The topological polar surface area (TPSA) is 528 Å². The minimum Gasteiger partial charge on any atom is -0.453 e. The molecule has 0 spiro atoms. The Balaban J connectivity index is 2.42. The van der Waals surface area contributed by atoms with Gasteiger partial charge in [-0.05, 0) is 79.7 Å². The largest absolute Gasteiger partial charge is 0.453 e. The van der Waals surface area contributed by atoms with Crippen LogP contribution in [0.5, 0.6) is 0 Å². The smallest absolute Gasteiger partial charge is 0.408 e. The number of hydrogen-bond acceptors (Lipinski definition) is 20. The molecule has 3 rings (SSSR count). The lowest BCUT2D eigenvalue weighted by molar-refractivity contribution is -0.159. The van der Waals surface area contributed by atoms with Gasteiger partial charge < -0.3 is 105 Å². The molecule has 0 aliphatic carbocycles. The number of nitrogens with two attached hydrogens (primary N) is 1. The number of alkyl carbamates (subject to hydrolysis) is 1. The second-order valence-corrected chi connectivity index (χ2v) is 26.5. The van der Waals surface area contributed by atoms with Crippen LogP contribution in [0.3, 0.4) is 0 Å². The summed E-state index contributed by atoms with van der Waals surface area (Å²) in [7, 11) is 1.06. The summed E-state index contributed by atoms with van der Waals surface area (Å²) in [6.45, 7) is 15.0. The third-order valence-electron chi connectivity index (χ3n) is 16.2. The molecule has 1 saturated heterocycles. The Kier molecular flexibility index (Phi) is 36.1. The molecule has 1 aliphatic heterocycles. The van der Waals surface area contributed by atoms with Crippen LogP contribution in [-0.4, -0.2) is 209 Å². The monoisotopic (exact) mass is 1420 g/mol. The first-order valence-corrected chi connectivity index (χ1v) is 33.7. The highest BCUT2D eigenvalue weighted by molar-refractivity contribution is 6.00. The fourth-order valence-electron chi connectivity index (χ4n) is 10.4. The van der Waals surface area contributed by atoms with Gasteiger partial charge >= 0.3 is 12.1 Å². The Morgan fingerprint density at radius 2 is 1.16 bits per heavy atom. The number of likely N-dealkylation sites (N-methyl/N-ethyl adjacent to an activating group) is 1. The highest BCUT2D eigenvalue weighted by Gasteiger charge is 2.44. The van der Waals surface area contributed by atoms with Gasteiger partial charge in [-0.15, -0.1) is 0 Å². The summed E-state index contributed by atoms with van der Waals surface area (Å²) in [5.74, 6) is -17.6. The van der Waals surface area contributed by atoms with E-state index in [0.29, 0.717) is 5.56 Å². The van der Waals surface area contributed by atoms with Gasteiger partial charge in [-0.1, -0.05) is 136 Å². The zero-order valence-corrected chi connectivity index (χ0v) is 59.3. The lowest BCUT2D eigenvalue weighted by atomic mass is 9.95.